The molecular weight excluding hydrogens is 344 g/mol. The summed E-state index contributed by atoms with van der Waals surface area (Å²) in [7, 11) is 0. The third-order valence-electron chi connectivity index (χ3n) is 8.64. The van der Waals surface area contributed by atoms with Crippen molar-refractivity contribution in [3.8, 4) is 0 Å². The summed E-state index contributed by atoms with van der Waals surface area (Å²) >= 11 is 0. The highest BCUT2D eigenvalue weighted by Gasteiger charge is 2.58. The van der Waals surface area contributed by atoms with E-state index in [1.54, 1.807) is 0 Å². The van der Waals surface area contributed by atoms with Crippen molar-refractivity contribution < 1.29 is 4.79 Å². The zero-order chi connectivity index (χ0) is 19.4. The number of carbonyl (C=O) groups excluding carboxylic acids is 1. The average Bonchev–Trinajstić information content (AvgIpc) is 2.91. The normalized spacial score (nSPS) is 37.9. The molecule has 1 aromatic rings. The van der Waals surface area contributed by atoms with Crippen molar-refractivity contribution in [2.45, 2.75) is 64.2 Å². The molecule has 3 nitrogen and oxygen atoms in total. The van der Waals surface area contributed by atoms with Crippen LogP contribution in [0, 0.1) is 24.2 Å². The fraction of sp³-hybridized carbons (Fsp3) is 0.720. The maximum Gasteiger partial charge on any atom is 0.228 e. The number of piperazine rings is 1. The first-order valence-corrected chi connectivity index (χ1v) is 11.6. The van der Waals surface area contributed by atoms with Crippen molar-refractivity contribution in [1.82, 2.24) is 9.80 Å². The van der Waals surface area contributed by atoms with Crippen molar-refractivity contribution in [2.75, 3.05) is 32.7 Å². The average molecular weight is 381 g/mol. The number of aryl methyl sites for hydroxylation is 1. The highest BCUT2D eigenvalue weighted by atomic mass is 16.2. The standard InChI is InChI=1S/C25H36N2O/c1-3-26-10-12-27(13-11-26)23(28)24-9-8-20-14-21(16-24)17-25(15-20,18-24)22-6-4-19(2)5-7-22/h4-7,20-21H,3,8-18H2,1-2H3. The summed E-state index contributed by atoms with van der Waals surface area (Å²) in [6.45, 7) is 9.47. The Hall–Kier alpha value is -1.35. The van der Waals surface area contributed by atoms with Gasteiger partial charge in [-0.1, -0.05) is 36.8 Å². The number of benzene rings is 1. The number of nitrogens with zero attached hydrogens (tertiary/aromatic N) is 2. The Morgan fingerprint density at radius 3 is 2.46 bits per heavy atom. The van der Waals surface area contributed by atoms with Crippen LogP contribution >= 0.6 is 0 Å². The molecule has 1 heterocycles. The quantitative estimate of drug-likeness (QED) is 0.776. The van der Waals surface area contributed by atoms with Crippen molar-refractivity contribution >= 4 is 5.91 Å². The minimum Gasteiger partial charge on any atom is -0.340 e. The molecule has 1 aliphatic heterocycles. The highest BCUT2D eigenvalue weighted by Crippen LogP contribution is 2.63. The molecule has 1 amide bonds. The van der Waals surface area contributed by atoms with Gasteiger partial charge in [-0.15, -0.1) is 0 Å². The van der Waals surface area contributed by atoms with Crippen molar-refractivity contribution in [3.05, 3.63) is 35.4 Å². The molecule has 4 bridgehead atoms. The van der Waals surface area contributed by atoms with Crippen molar-refractivity contribution in [2.24, 2.45) is 17.3 Å². The molecule has 3 heteroatoms. The molecule has 6 rings (SSSR count). The van der Waals surface area contributed by atoms with Gasteiger partial charge in [0.2, 0.25) is 5.91 Å². The van der Waals surface area contributed by atoms with Gasteiger partial charge in [-0.25, -0.2) is 0 Å². The third-order valence-corrected chi connectivity index (χ3v) is 8.64. The molecule has 5 fully saturated rings. The maximum atomic E-state index is 13.9. The predicted molar refractivity (Wildman–Crippen MR) is 113 cm³/mol. The van der Waals surface area contributed by atoms with E-state index in [1.165, 1.54) is 36.8 Å². The molecule has 1 aromatic carbocycles. The van der Waals surface area contributed by atoms with Gasteiger partial charge in [-0.05, 0) is 81.2 Å². The molecule has 0 radical (unpaired) electrons. The van der Waals surface area contributed by atoms with Crippen LogP contribution in [0.25, 0.3) is 0 Å². The van der Waals surface area contributed by atoms with Gasteiger partial charge in [0.1, 0.15) is 0 Å². The molecule has 152 valence electrons. The highest BCUT2D eigenvalue weighted by molar-refractivity contribution is 5.83. The number of amides is 1. The molecule has 5 aliphatic rings. The van der Waals surface area contributed by atoms with Gasteiger partial charge in [0.05, 0.1) is 5.41 Å². The molecule has 0 spiro atoms. The van der Waals surface area contributed by atoms with E-state index in [9.17, 15) is 4.79 Å². The van der Waals surface area contributed by atoms with E-state index in [2.05, 4.69) is 47.9 Å². The lowest BCUT2D eigenvalue weighted by atomic mass is 9.52. The SMILES string of the molecule is CCN1CCN(C(=O)C23CCC4CC(C2)CC(c2ccc(C)cc2)(C4)C3)CC1. The van der Waals surface area contributed by atoms with Gasteiger partial charge < -0.3 is 9.80 Å². The Bertz CT molecular complexity index is 735. The Morgan fingerprint density at radius 1 is 1.04 bits per heavy atom. The van der Waals surface area contributed by atoms with Gasteiger partial charge in [0.25, 0.3) is 0 Å². The number of carbonyl (C=O) groups is 1. The number of hydrogen-bond acceptors (Lipinski definition) is 2. The van der Waals surface area contributed by atoms with Gasteiger partial charge in [-0.2, -0.15) is 0 Å². The van der Waals surface area contributed by atoms with Gasteiger partial charge in [-0.3, -0.25) is 4.79 Å². The minimum absolute atomic E-state index is 0.0898. The Balaban J connectivity index is 1.46. The summed E-state index contributed by atoms with van der Waals surface area (Å²) in [5, 5.41) is 0. The Kier molecular flexibility index (Phi) is 4.58. The monoisotopic (exact) mass is 380 g/mol. The third kappa shape index (κ3) is 3.01. The molecule has 4 aliphatic carbocycles. The largest absolute Gasteiger partial charge is 0.340 e. The van der Waals surface area contributed by atoms with Crippen LogP contribution in [0.2, 0.25) is 0 Å². The fourth-order valence-electron chi connectivity index (χ4n) is 7.41. The minimum atomic E-state index is -0.0898. The first kappa shape index (κ1) is 18.7. The smallest absolute Gasteiger partial charge is 0.228 e. The molecular formula is C25H36N2O. The molecule has 28 heavy (non-hydrogen) atoms. The summed E-state index contributed by atoms with van der Waals surface area (Å²) < 4.78 is 0. The van der Waals surface area contributed by atoms with E-state index < -0.39 is 0 Å². The van der Waals surface area contributed by atoms with E-state index in [4.69, 9.17) is 0 Å². The van der Waals surface area contributed by atoms with Crippen molar-refractivity contribution in [1.29, 1.82) is 0 Å². The summed E-state index contributed by atoms with van der Waals surface area (Å²) in [6.07, 6.45) is 8.65. The van der Waals surface area contributed by atoms with E-state index in [1.807, 2.05) is 0 Å². The van der Waals surface area contributed by atoms with Crippen LogP contribution in [-0.4, -0.2) is 48.4 Å². The second-order valence-corrected chi connectivity index (χ2v) is 10.4. The topological polar surface area (TPSA) is 23.6 Å². The van der Waals surface area contributed by atoms with Crippen LogP contribution in [0.5, 0.6) is 0 Å². The lowest BCUT2D eigenvalue weighted by Gasteiger charge is -2.53. The molecule has 4 unspecified atom stereocenters. The van der Waals surface area contributed by atoms with Crippen LogP contribution < -0.4 is 0 Å². The van der Waals surface area contributed by atoms with Crippen LogP contribution in [-0.2, 0) is 10.2 Å². The van der Waals surface area contributed by atoms with Gasteiger partial charge in [0, 0.05) is 26.2 Å². The lowest BCUT2D eigenvalue weighted by Crippen LogP contribution is -2.56. The van der Waals surface area contributed by atoms with Crippen LogP contribution in [0.1, 0.15) is 63.0 Å². The zero-order valence-corrected chi connectivity index (χ0v) is 17.8. The number of fused-ring (bicyclic) bond motifs is 1. The summed E-state index contributed by atoms with van der Waals surface area (Å²) in [6, 6.07) is 9.31. The first-order chi connectivity index (χ1) is 13.5. The van der Waals surface area contributed by atoms with E-state index in [0.717, 1.165) is 63.8 Å². The Morgan fingerprint density at radius 2 is 1.75 bits per heavy atom. The first-order valence-electron chi connectivity index (χ1n) is 11.6. The van der Waals surface area contributed by atoms with Crippen LogP contribution in [0.3, 0.4) is 0 Å². The number of rotatable bonds is 3. The number of hydrogen-bond donors (Lipinski definition) is 0. The lowest BCUT2D eigenvalue weighted by molar-refractivity contribution is -0.149. The van der Waals surface area contributed by atoms with Crippen molar-refractivity contribution in [3.63, 3.8) is 0 Å². The molecule has 1 saturated heterocycles. The van der Waals surface area contributed by atoms with E-state index >= 15 is 0 Å². The summed E-state index contributed by atoms with van der Waals surface area (Å²) in [4.78, 5) is 18.6. The Labute approximate surface area is 170 Å². The predicted octanol–water partition coefficient (Wildman–Crippen LogP) is 4.39. The second kappa shape index (κ2) is 6.86. The summed E-state index contributed by atoms with van der Waals surface area (Å²) in [5.41, 5.74) is 3.01. The van der Waals surface area contributed by atoms with E-state index in [0.29, 0.717) is 5.91 Å². The summed E-state index contributed by atoms with van der Waals surface area (Å²) in [5.74, 6) is 2.08. The van der Waals surface area contributed by atoms with E-state index in [-0.39, 0.29) is 10.8 Å². The van der Waals surface area contributed by atoms with Crippen LogP contribution in [0.4, 0.5) is 0 Å². The molecule has 4 atom stereocenters. The van der Waals surface area contributed by atoms with Gasteiger partial charge in [0.15, 0.2) is 0 Å². The molecule has 0 N–H and O–H groups in total. The van der Waals surface area contributed by atoms with Gasteiger partial charge >= 0.3 is 0 Å². The second-order valence-electron chi connectivity index (χ2n) is 10.4. The molecule has 4 saturated carbocycles. The fourth-order valence-corrected chi connectivity index (χ4v) is 7.41. The number of likely N-dealkylation sites (N-methyl/N-ethyl adjacent to an activating group) is 1. The molecule has 0 aromatic heterocycles. The maximum absolute atomic E-state index is 13.9. The zero-order valence-electron chi connectivity index (χ0n) is 17.8. The van der Waals surface area contributed by atoms with Crippen LogP contribution in [0.15, 0.2) is 24.3 Å².